The average molecular weight is 177 g/mol. The summed E-state index contributed by atoms with van der Waals surface area (Å²) >= 11 is 5.45. The first kappa shape index (κ1) is 10.8. The van der Waals surface area contributed by atoms with E-state index >= 15 is 0 Å². The zero-order valence-corrected chi connectivity index (χ0v) is 7.49. The van der Waals surface area contributed by atoms with Gasteiger partial charge in [-0.15, -0.1) is 11.6 Å². The van der Waals surface area contributed by atoms with E-state index in [1.54, 1.807) is 0 Å². The average Bonchev–Trinajstić information content (AvgIpc) is 2.01. The number of rotatable bonds is 6. The monoisotopic (exact) mass is 176 g/mol. The lowest BCUT2D eigenvalue weighted by atomic mass is 10.2. The summed E-state index contributed by atoms with van der Waals surface area (Å²) in [5, 5.41) is 2.75. The Balaban J connectivity index is 3.09. The van der Waals surface area contributed by atoms with Crippen molar-refractivity contribution in [3.8, 4) is 0 Å². The molecule has 0 aromatic rings. The summed E-state index contributed by atoms with van der Waals surface area (Å²) in [7, 11) is 0. The fraction of sp³-hybridized carbons (Fsp3) is 0.750. The minimum absolute atomic E-state index is 0.110. The molecule has 0 fully saturated rings. The third-order valence-electron chi connectivity index (χ3n) is 1.29. The van der Waals surface area contributed by atoms with Crippen LogP contribution < -0.4 is 5.32 Å². The summed E-state index contributed by atoms with van der Waals surface area (Å²) in [6, 6.07) is 0. The van der Waals surface area contributed by atoms with Crippen LogP contribution in [0.1, 0.15) is 25.7 Å². The van der Waals surface area contributed by atoms with Gasteiger partial charge in [-0.1, -0.05) is 6.92 Å². The molecule has 11 heavy (non-hydrogen) atoms. The van der Waals surface area contributed by atoms with Gasteiger partial charge in [0.05, 0.1) is 0 Å². The van der Waals surface area contributed by atoms with Crippen LogP contribution in [0, 0.1) is 6.92 Å². The molecule has 0 atom stereocenters. The van der Waals surface area contributed by atoms with Crippen LogP contribution in [0.5, 0.6) is 0 Å². The van der Waals surface area contributed by atoms with Crippen molar-refractivity contribution in [2.75, 3.05) is 12.4 Å². The zero-order valence-electron chi connectivity index (χ0n) is 6.74. The highest BCUT2D eigenvalue weighted by Gasteiger charge is 1.97. The lowest BCUT2D eigenvalue weighted by Crippen LogP contribution is -2.23. The second kappa shape index (κ2) is 7.86. The molecule has 0 spiro atoms. The number of hydrogen-bond acceptors (Lipinski definition) is 1. The molecule has 0 saturated heterocycles. The van der Waals surface area contributed by atoms with Crippen LogP contribution in [-0.2, 0) is 4.79 Å². The van der Waals surface area contributed by atoms with E-state index in [0.717, 1.165) is 19.3 Å². The molecule has 0 rings (SSSR count). The Labute approximate surface area is 73.3 Å². The SMILES string of the molecule is [CH2]CCNC(=O)CCCCCl. The van der Waals surface area contributed by atoms with E-state index in [4.69, 9.17) is 11.6 Å². The minimum atomic E-state index is 0.110. The van der Waals surface area contributed by atoms with Gasteiger partial charge in [-0.25, -0.2) is 0 Å². The number of unbranched alkanes of at least 4 members (excludes halogenated alkanes) is 1. The van der Waals surface area contributed by atoms with Gasteiger partial charge in [-0.3, -0.25) is 4.79 Å². The minimum Gasteiger partial charge on any atom is -0.356 e. The lowest BCUT2D eigenvalue weighted by Gasteiger charge is -2.01. The summed E-state index contributed by atoms with van der Waals surface area (Å²) in [5.41, 5.74) is 0. The topological polar surface area (TPSA) is 29.1 Å². The van der Waals surface area contributed by atoms with Gasteiger partial charge in [0.25, 0.3) is 0 Å². The summed E-state index contributed by atoms with van der Waals surface area (Å²) in [4.78, 5) is 10.9. The van der Waals surface area contributed by atoms with Crippen molar-refractivity contribution in [3.63, 3.8) is 0 Å². The van der Waals surface area contributed by atoms with E-state index in [-0.39, 0.29) is 5.91 Å². The van der Waals surface area contributed by atoms with Crippen LogP contribution in [-0.4, -0.2) is 18.3 Å². The van der Waals surface area contributed by atoms with E-state index in [1.807, 2.05) is 0 Å². The first-order valence-corrected chi connectivity index (χ1v) is 4.46. The Bertz CT molecular complexity index is 106. The number of alkyl halides is 1. The Hall–Kier alpha value is -0.240. The molecule has 0 aromatic heterocycles. The number of halogens is 1. The number of nitrogens with one attached hydrogen (secondary N) is 1. The van der Waals surface area contributed by atoms with E-state index in [9.17, 15) is 4.79 Å². The van der Waals surface area contributed by atoms with Gasteiger partial charge in [-0.05, 0) is 19.3 Å². The second-order valence-electron chi connectivity index (χ2n) is 2.35. The molecule has 0 heterocycles. The Morgan fingerprint density at radius 3 is 2.73 bits per heavy atom. The summed E-state index contributed by atoms with van der Waals surface area (Å²) in [5.74, 6) is 0.751. The van der Waals surface area contributed by atoms with Crippen LogP contribution in [0.15, 0.2) is 0 Å². The van der Waals surface area contributed by atoms with Gasteiger partial charge >= 0.3 is 0 Å². The smallest absolute Gasteiger partial charge is 0.219 e. The fourth-order valence-corrected chi connectivity index (χ4v) is 0.885. The summed E-state index contributed by atoms with van der Waals surface area (Å²) < 4.78 is 0. The number of carbonyl (C=O) groups is 1. The van der Waals surface area contributed by atoms with Crippen LogP contribution in [0.2, 0.25) is 0 Å². The fourth-order valence-electron chi connectivity index (χ4n) is 0.696. The van der Waals surface area contributed by atoms with Crippen LogP contribution >= 0.6 is 11.6 Å². The van der Waals surface area contributed by atoms with Crippen molar-refractivity contribution in [1.82, 2.24) is 5.32 Å². The Morgan fingerprint density at radius 1 is 1.45 bits per heavy atom. The first-order chi connectivity index (χ1) is 5.31. The quantitative estimate of drug-likeness (QED) is 0.485. The molecule has 2 nitrogen and oxygen atoms in total. The molecular formula is C8H15ClNO. The molecule has 0 aliphatic rings. The molecule has 0 unspecified atom stereocenters. The van der Waals surface area contributed by atoms with E-state index in [0.29, 0.717) is 18.8 Å². The molecule has 0 aliphatic carbocycles. The zero-order chi connectivity index (χ0) is 8.53. The molecular weight excluding hydrogens is 162 g/mol. The third-order valence-corrected chi connectivity index (χ3v) is 1.55. The van der Waals surface area contributed by atoms with Crippen molar-refractivity contribution in [1.29, 1.82) is 0 Å². The van der Waals surface area contributed by atoms with Gasteiger partial charge in [-0.2, -0.15) is 0 Å². The molecule has 65 valence electrons. The van der Waals surface area contributed by atoms with Crippen LogP contribution in [0.3, 0.4) is 0 Å². The Morgan fingerprint density at radius 2 is 2.18 bits per heavy atom. The van der Waals surface area contributed by atoms with Crippen molar-refractivity contribution >= 4 is 17.5 Å². The molecule has 0 aliphatic heterocycles. The molecule has 0 saturated carbocycles. The Kier molecular flexibility index (Phi) is 7.69. The largest absolute Gasteiger partial charge is 0.356 e. The highest BCUT2D eigenvalue weighted by molar-refractivity contribution is 6.17. The first-order valence-electron chi connectivity index (χ1n) is 3.93. The van der Waals surface area contributed by atoms with Crippen LogP contribution in [0.25, 0.3) is 0 Å². The van der Waals surface area contributed by atoms with Crippen molar-refractivity contribution < 1.29 is 4.79 Å². The number of carbonyl (C=O) groups excluding carboxylic acids is 1. The normalized spacial score (nSPS) is 9.64. The van der Waals surface area contributed by atoms with E-state index < -0.39 is 0 Å². The maximum absolute atomic E-state index is 10.9. The van der Waals surface area contributed by atoms with Crippen molar-refractivity contribution in [2.45, 2.75) is 25.7 Å². The van der Waals surface area contributed by atoms with Gasteiger partial charge in [0.15, 0.2) is 0 Å². The van der Waals surface area contributed by atoms with Gasteiger partial charge in [0.2, 0.25) is 5.91 Å². The lowest BCUT2D eigenvalue weighted by molar-refractivity contribution is -0.121. The molecule has 1 N–H and O–H groups in total. The number of hydrogen-bond donors (Lipinski definition) is 1. The third kappa shape index (κ3) is 7.66. The maximum Gasteiger partial charge on any atom is 0.219 e. The highest BCUT2D eigenvalue weighted by atomic mass is 35.5. The second-order valence-corrected chi connectivity index (χ2v) is 2.73. The highest BCUT2D eigenvalue weighted by Crippen LogP contribution is 1.96. The summed E-state index contributed by atoms with van der Waals surface area (Å²) in [6.45, 7) is 4.30. The maximum atomic E-state index is 10.9. The van der Waals surface area contributed by atoms with E-state index in [1.165, 1.54) is 0 Å². The standard InChI is InChI=1S/C8H15ClNO/c1-2-7-10-8(11)5-3-4-6-9/h1-7H2,(H,10,11). The summed E-state index contributed by atoms with van der Waals surface area (Å²) in [6.07, 6.45) is 3.14. The van der Waals surface area contributed by atoms with Crippen molar-refractivity contribution in [3.05, 3.63) is 6.92 Å². The predicted octanol–water partition coefficient (Wildman–Crippen LogP) is 1.74. The van der Waals surface area contributed by atoms with Gasteiger partial charge in [0.1, 0.15) is 0 Å². The van der Waals surface area contributed by atoms with Crippen LogP contribution in [0.4, 0.5) is 0 Å². The van der Waals surface area contributed by atoms with E-state index in [2.05, 4.69) is 12.2 Å². The van der Waals surface area contributed by atoms with Gasteiger partial charge < -0.3 is 5.32 Å². The number of amides is 1. The molecule has 3 heteroatoms. The molecule has 0 bridgehead atoms. The van der Waals surface area contributed by atoms with Gasteiger partial charge in [0, 0.05) is 18.8 Å². The van der Waals surface area contributed by atoms with Crippen molar-refractivity contribution in [2.24, 2.45) is 0 Å². The predicted molar refractivity (Wildman–Crippen MR) is 47.6 cm³/mol. The molecule has 1 amide bonds. The molecule has 0 aromatic carbocycles. The molecule has 1 radical (unpaired) electrons.